The van der Waals surface area contributed by atoms with Crippen LogP contribution in [0, 0.1) is 3.57 Å². The highest BCUT2D eigenvalue weighted by Crippen LogP contribution is 2.39. The lowest BCUT2D eigenvalue weighted by Crippen LogP contribution is -2.39. The summed E-state index contributed by atoms with van der Waals surface area (Å²) < 4.78 is 7.31. The van der Waals surface area contributed by atoms with E-state index < -0.39 is 0 Å². The van der Waals surface area contributed by atoms with E-state index in [1.54, 1.807) is 0 Å². The fourth-order valence-electron chi connectivity index (χ4n) is 2.33. The Morgan fingerprint density at radius 1 is 1.47 bits per heavy atom. The molecule has 0 aliphatic carbocycles. The molecule has 94 valence electrons. The van der Waals surface area contributed by atoms with Crippen LogP contribution in [-0.4, -0.2) is 12.1 Å². The zero-order valence-corrected chi connectivity index (χ0v) is 12.9. The summed E-state index contributed by atoms with van der Waals surface area (Å²) in [4.78, 5) is 0. The number of halogens is 1. The molecule has 0 saturated heterocycles. The Kier molecular flexibility index (Phi) is 3.98. The largest absolute Gasteiger partial charge is 0.487 e. The predicted octanol–water partition coefficient (Wildman–Crippen LogP) is 3.89. The van der Waals surface area contributed by atoms with Crippen LogP contribution in [0.2, 0.25) is 0 Å². The van der Waals surface area contributed by atoms with E-state index in [1.165, 1.54) is 9.13 Å². The summed E-state index contributed by atoms with van der Waals surface area (Å²) >= 11 is 2.36. The van der Waals surface area contributed by atoms with Gasteiger partial charge < -0.3 is 10.1 Å². The summed E-state index contributed by atoms with van der Waals surface area (Å²) in [7, 11) is 0. The molecule has 0 fully saturated rings. The van der Waals surface area contributed by atoms with E-state index in [2.05, 4.69) is 66.9 Å². The van der Waals surface area contributed by atoms with Gasteiger partial charge in [-0.05, 0) is 67.6 Å². The molecule has 0 aromatic heterocycles. The molecule has 2 nitrogen and oxygen atoms in total. The molecule has 0 amide bonds. The Labute approximate surface area is 117 Å². The zero-order chi connectivity index (χ0) is 12.5. The lowest BCUT2D eigenvalue weighted by atomic mass is 9.89. The molecule has 0 bridgehead atoms. The van der Waals surface area contributed by atoms with Crippen LogP contribution >= 0.6 is 22.6 Å². The minimum Gasteiger partial charge on any atom is -0.487 e. The van der Waals surface area contributed by atoms with Crippen molar-refractivity contribution in [1.29, 1.82) is 0 Å². The first-order chi connectivity index (χ1) is 8.02. The Bertz CT molecular complexity index is 403. The molecule has 1 aliphatic rings. The minimum atomic E-state index is -0.0782. The molecule has 1 aromatic rings. The third-order valence-electron chi connectivity index (χ3n) is 3.07. The standard InChI is InChI=1S/C14H20INO/c1-4-7-16-12-9-14(2,3)17-13-6-5-10(15)8-11(12)13/h5-6,8,12,16H,4,7,9H2,1-3H3. The minimum absolute atomic E-state index is 0.0782. The van der Waals surface area contributed by atoms with Gasteiger partial charge in [0.25, 0.3) is 0 Å². The van der Waals surface area contributed by atoms with Gasteiger partial charge in [0.15, 0.2) is 0 Å². The van der Waals surface area contributed by atoms with Crippen molar-refractivity contribution in [3.8, 4) is 5.75 Å². The molecule has 1 N–H and O–H groups in total. The van der Waals surface area contributed by atoms with E-state index in [4.69, 9.17) is 4.74 Å². The van der Waals surface area contributed by atoms with Crippen LogP contribution in [-0.2, 0) is 0 Å². The van der Waals surface area contributed by atoms with E-state index in [9.17, 15) is 0 Å². The van der Waals surface area contributed by atoms with Gasteiger partial charge in [0.1, 0.15) is 11.4 Å². The first kappa shape index (κ1) is 13.1. The SMILES string of the molecule is CCCNC1CC(C)(C)Oc2ccc(I)cc21. The lowest BCUT2D eigenvalue weighted by molar-refractivity contribution is 0.0661. The fraction of sp³-hybridized carbons (Fsp3) is 0.571. The van der Waals surface area contributed by atoms with Gasteiger partial charge >= 0.3 is 0 Å². The molecule has 17 heavy (non-hydrogen) atoms. The van der Waals surface area contributed by atoms with E-state index >= 15 is 0 Å². The highest BCUT2D eigenvalue weighted by atomic mass is 127. The Balaban J connectivity index is 2.30. The van der Waals surface area contributed by atoms with E-state index in [0.29, 0.717) is 6.04 Å². The molecule has 1 aliphatic heterocycles. The lowest BCUT2D eigenvalue weighted by Gasteiger charge is -2.38. The van der Waals surface area contributed by atoms with Gasteiger partial charge in [-0.25, -0.2) is 0 Å². The fourth-order valence-corrected chi connectivity index (χ4v) is 2.84. The second-order valence-electron chi connectivity index (χ2n) is 5.25. The summed E-state index contributed by atoms with van der Waals surface area (Å²) in [6.07, 6.45) is 2.19. The zero-order valence-electron chi connectivity index (χ0n) is 10.7. The third kappa shape index (κ3) is 3.13. The first-order valence-electron chi connectivity index (χ1n) is 6.24. The summed E-state index contributed by atoms with van der Waals surface area (Å²) in [6, 6.07) is 6.86. The van der Waals surface area contributed by atoms with Crippen molar-refractivity contribution in [2.24, 2.45) is 0 Å². The molecular weight excluding hydrogens is 325 g/mol. The van der Waals surface area contributed by atoms with Crippen LogP contribution < -0.4 is 10.1 Å². The second-order valence-corrected chi connectivity index (χ2v) is 6.50. The van der Waals surface area contributed by atoms with Crippen LogP contribution in [0.3, 0.4) is 0 Å². The average Bonchev–Trinajstić information content (AvgIpc) is 2.26. The van der Waals surface area contributed by atoms with E-state index in [0.717, 1.165) is 25.1 Å². The molecule has 1 atom stereocenters. The Morgan fingerprint density at radius 2 is 2.24 bits per heavy atom. The smallest absolute Gasteiger partial charge is 0.124 e. The topological polar surface area (TPSA) is 21.3 Å². The van der Waals surface area contributed by atoms with Gasteiger partial charge in [0, 0.05) is 21.6 Å². The monoisotopic (exact) mass is 345 g/mol. The summed E-state index contributed by atoms with van der Waals surface area (Å²) in [6.45, 7) is 7.59. The van der Waals surface area contributed by atoms with Crippen LogP contribution in [0.1, 0.15) is 45.2 Å². The van der Waals surface area contributed by atoms with Gasteiger partial charge in [-0.3, -0.25) is 0 Å². The van der Waals surface area contributed by atoms with Crippen LogP contribution in [0.4, 0.5) is 0 Å². The van der Waals surface area contributed by atoms with Crippen molar-refractivity contribution < 1.29 is 4.74 Å². The maximum absolute atomic E-state index is 6.04. The van der Waals surface area contributed by atoms with Crippen molar-refractivity contribution in [3.63, 3.8) is 0 Å². The molecule has 1 unspecified atom stereocenters. The van der Waals surface area contributed by atoms with Gasteiger partial charge in [-0.1, -0.05) is 6.92 Å². The number of nitrogens with one attached hydrogen (secondary N) is 1. The first-order valence-corrected chi connectivity index (χ1v) is 7.31. The van der Waals surface area contributed by atoms with Crippen molar-refractivity contribution >= 4 is 22.6 Å². The van der Waals surface area contributed by atoms with Crippen molar-refractivity contribution in [2.75, 3.05) is 6.54 Å². The Hall–Kier alpha value is -0.290. The van der Waals surface area contributed by atoms with Crippen molar-refractivity contribution in [1.82, 2.24) is 5.32 Å². The summed E-state index contributed by atoms with van der Waals surface area (Å²) in [5, 5.41) is 3.63. The molecule has 0 saturated carbocycles. The number of rotatable bonds is 3. The van der Waals surface area contributed by atoms with Crippen molar-refractivity contribution in [2.45, 2.75) is 45.3 Å². The van der Waals surface area contributed by atoms with Gasteiger partial charge in [-0.2, -0.15) is 0 Å². The van der Waals surface area contributed by atoms with Crippen LogP contribution in [0.25, 0.3) is 0 Å². The molecule has 1 heterocycles. The summed E-state index contributed by atoms with van der Waals surface area (Å²) in [5.41, 5.74) is 1.23. The van der Waals surface area contributed by atoms with Crippen LogP contribution in [0.15, 0.2) is 18.2 Å². The van der Waals surface area contributed by atoms with Crippen molar-refractivity contribution in [3.05, 3.63) is 27.3 Å². The summed E-state index contributed by atoms with van der Waals surface area (Å²) in [5.74, 6) is 1.04. The van der Waals surface area contributed by atoms with Gasteiger partial charge in [0.05, 0.1) is 0 Å². The predicted molar refractivity (Wildman–Crippen MR) is 79.5 cm³/mol. The number of fused-ring (bicyclic) bond motifs is 1. The maximum atomic E-state index is 6.04. The molecule has 3 heteroatoms. The normalized spacial score (nSPS) is 21.8. The molecular formula is C14H20INO. The van der Waals surface area contributed by atoms with E-state index in [1.807, 2.05) is 0 Å². The average molecular weight is 345 g/mol. The Morgan fingerprint density at radius 3 is 2.94 bits per heavy atom. The number of benzene rings is 1. The van der Waals surface area contributed by atoms with E-state index in [-0.39, 0.29) is 5.60 Å². The number of hydrogen-bond donors (Lipinski definition) is 1. The number of ether oxygens (including phenoxy) is 1. The molecule has 2 rings (SSSR count). The highest BCUT2D eigenvalue weighted by molar-refractivity contribution is 14.1. The number of hydrogen-bond acceptors (Lipinski definition) is 2. The van der Waals surface area contributed by atoms with Gasteiger partial charge in [0.2, 0.25) is 0 Å². The van der Waals surface area contributed by atoms with Gasteiger partial charge in [-0.15, -0.1) is 0 Å². The highest BCUT2D eigenvalue weighted by Gasteiger charge is 2.33. The molecule has 0 radical (unpaired) electrons. The molecule has 1 aromatic carbocycles. The molecule has 0 spiro atoms. The second kappa shape index (κ2) is 5.14. The maximum Gasteiger partial charge on any atom is 0.124 e. The van der Waals surface area contributed by atoms with Crippen LogP contribution in [0.5, 0.6) is 5.75 Å². The third-order valence-corrected chi connectivity index (χ3v) is 3.74. The quantitative estimate of drug-likeness (QED) is 0.840.